The molecule has 3 aliphatic rings. The fourth-order valence-corrected chi connectivity index (χ4v) is 4.04. The Labute approximate surface area is 137 Å². The molecule has 0 aromatic heterocycles. The summed E-state index contributed by atoms with van der Waals surface area (Å²) in [7, 11) is 0. The van der Waals surface area contributed by atoms with E-state index in [1.54, 1.807) is 0 Å². The molecule has 2 fully saturated rings. The third-order valence-corrected chi connectivity index (χ3v) is 5.67. The van der Waals surface area contributed by atoms with Crippen LogP contribution in [0, 0.1) is 5.41 Å². The lowest BCUT2D eigenvalue weighted by Gasteiger charge is -2.27. The van der Waals surface area contributed by atoms with Crippen molar-refractivity contribution in [1.82, 2.24) is 5.32 Å². The molecular weight excluding hydrogens is 288 g/mol. The van der Waals surface area contributed by atoms with Crippen molar-refractivity contribution in [3.05, 3.63) is 29.8 Å². The van der Waals surface area contributed by atoms with E-state index in [1.165, 1.54) is 24.8 Å². The first kappa shape index (κ1) is 14.7. The molecule has 0 saturated heterocycles. The summed E-state index contributed by atoms with van der Waals surface area (Å²) in [6.45, 7) is 0.705. The molecular formula is C19H24N2O2. The SMILES string of the molecule is O=C(NC1CCCCC1)C1(C(=O)N2CCc3ccccc32)CC1. The predicted octanol–water partition coefficient (Wildman–Crippen LogP) is 2.80. The number of rotatable bonds is 3. The lowest BCUT2D eigenvalue weighted by molar-refractivity contribution is -0.136. The molecule has 1 aromatic rings. The van der Waals surface area contributed by atoms with Crippen molar-refractivity contribution >= 4 is 17.5 Å². The molecule has 0 spiro atoms. The number of hydrogen-bond acceptors (Lipinski definition) is 2. The Morgan fingerprint density at radius 3 is 2.57 bits per heavy atom. The minimum Gasteiger partial charge on any atom is -0.352 e. The summed E-state index contributed by atoms with van der Waals surface area (Å²) in [6.07, 6.45) is 8.04. The maximum absolute atomic E-state index is 13.0. The molecule has 23 heavy (non-hydrogen) atoms. The van der Waals surface area contributed by atoms with Gasteiger partial charge in [0.15, 0.2) is 0 Å². The lowest BCUT2D eigenvalue weighted by Crippen LogP contribution is -2.48. The molecule has 4 rings (SSSR count). The van der Waals surface area contributed by atoms with Crippen molar-refractivity contribution < 1.29 is 9.59 Å². The topological polar surface area (TPSA) is 49.4 Å². The van der Waals surface area contributed by atoms with Crippen LogP contribution in [0.25, 0.3) is 0 Å². The van der Waals surface area contributed by atoms with Crippen molar-refractivity contribution in [2.24, 2.45) is 5.41 Å². The van der Waals surface area contributed by atoms with Crippen LogP contribution in [0.15, 0.2) is 24.3 Å². The largest absolute Gasteiger partial charge is 0.352 e. The normalized spacial score (nSPS) is 22.5. The Kier molecular flexibility index (Phi) is 3.63. The van der Waals surface area contributed by atoms with Gasteiger partial charge in [-0.15, -0.1) is 0 Å². The number of carbonyl (C=O) groups excluding carboxylic acids is 2. The molecule has 4 heteroatoms. The van der Waals surface area contributed by atoms with Crippen molar-refractivity contribution in [3.8, 4) is 0 Å². The van der Waals surface area contributed by atoms with Crippen LogP contribution in [-0.4, -0.2) is 24.4 Å². The van der Waals surface area contributed by atoms with Gasteiger partial charge in [0.2, 0.25) is 11.8 Å². The van der Waals surface area contributed by atoms with E-state index in [1.807, 2.05) is 23.1 Å². The molecule has 1 heterocycles. The Hall–Kier alpha value is -1.84. The van der Waals surface area contributed by atoms with E-state index < -0.39 is 5.41 Å². The molecule has 4 nitrogen and oxygen atoms in total. The average Bonchev–Trinajstić information content (AvgIpc) is 3.29. The highest BCUT2D eigenvalue weighted by atomic mass is 16.2. The fraction of sp³-hybridized carbons (Fsp3) is 0.579. The highest BCUT2D eigenvalue weighted by Crippen LogP contribution is 2.49. The highest BCUT2D eigenvalue weighted by molar-refractivity contribution is 6.14. The summed E-state index contributed by atoms with van der Waals surface area (Å²) >= 11 is 0. The second-order valence-corrected chi connectivity index (χ2v) is 7.23. The molecule has 2 amide bonds. The number of amides is 2. The van der Waals surface area contributed by atoms with Crippen molar-refractivity contribution in [2.75, 3.05) is 11.4 Å². The third kappa shape index (κ3) is 2.54. The van der Waals surface area contributed by atoms with Crippen LogP contribution in [0.5, 0.6) is 0 Å². The number of carbonyl (C=O) groups is 2. The van der Waals surface area contributed by atoms with Crippen molar-refractivity contribution in [1.29, 1.82) is 0 Å². The number of hydrogen-bond donors (Lipinski definition) is 1. The summed E-state index contributed by atoms with van der Waals surface area (Å²) in [5, 5.41) is 3.16. The van der Waals surface area contributed by atoms with E-state index in [2.05, 4.69) is 11.4 Å². The Morgan fingerprint density at radius 1 is 1.09 bits per heavy atom. The summed E-state index contributed by atoms with van der Waals surface area (Å²) in [4.78, 5) is 27.6. The first-order chi connectivity index (χ1) is 11.2. The van der Waals surface area contributed by atoms with Crippen LogP contribution in [-0.2, 0) is 16.0 Å². The Balaban J connectivity index is 1.48. The monoisotopic (exact) mass is 312 g/mol. The van der Waals surface area contributed by atoms with Crippen LogP contribution < -0.4 is 10.2 Å². The smallest absolute Gasteiger partial charge is 0.242 e. The molecule has 2 aliphatic carbocycles. The highest BCUT2D eigenvalue weighted by Gasteiger charge is 2.58. The zero-order chi connectivity index (χ0) is 15.9. The zero-order valence-corrected chi connectivity index (χ0v) is 13.5. The number of anilines is 1. The van der Waals surface area contributed by atoms with E-state index in [9.17, 15) is 9.59 Å². The second-order valence-electron chi connectivity index (χ2n) is 7.23. The van der Waals surface area contributed by atoms with E-state index in [0.29, 0.717) is 19.4 Å². The van der Waals surface area contributed by atoms with Crippen LogP contribution in [0.1, 0.15) is 50.5 Å². The average molecular weight is 312 g/mol. The molecule has 122 valence electrons. The second kappa shape index (κ2) is 5.66. The number of nitrogens with one attached hydrogen (secondary N) is 1. The van der Waals surface area contributed by atoms with Gasteiger partial charge in [-0.3, -0.25) is 9.59 Å². The van der Waals surface area contributed by atoms with E-state index in [-0.39, 0.29) is 17.9 Å². The minimum absolute atomic E-state index is 0.00996. The van der Waals surface area contributed by atoms with E-state index in [4.69, 9.17) is 0 Å². The van der Waals surface area contributed by atoms with Gasteiger partial charge >= 0.3 is 0 Å². The van der Waals surface area contributed by atoms with Gasteiger partial charge in [0.25, 0.3) is 0 Å². The van der Waals surface area contributed by atoms with Gasteiger partial charge in [-0.1, -0.05) is 37.5 Å². The van der Waals surface area contributed by atoms with Gasteiger partial charge in [-0.25, -0.2) is 0 Å². The standard InChI is InChI=1S/C19H24N2O2/c22-17(20-15-7-2-1-3-8-15)19(11-12-19)18(23)21-13-10-14-6-4-5-9-16(14)21/h4-6,9,15H,1-3,7-8,10-13H2,(H,20,22). The molecule has 0 atom stereocenters. The maximum Gasteiger partial charge on any atom is 0.242 e. The first-order valence-corrected chi connectivity index (χ1v) is 8.91. The molecule has 0 bridgehead atoms. The van der Waals surface area contributed by atoms with Crippen LogP contribution >= 0.6 is 0 Å². The molecule has 1 aliphatic heterocycles. The first-order valence-electron chi connectivity index (χ1n) is 8.91. The lowest BCUT2D eigenvalue weighted by atomic mass is 9.94. The molecule has 2 saturated carbocycles. The number of benzene rings is 1. The molecule has 1 aromatic carbocycles. The summed E-state index contributed by atoms with van der Waals surface area (Å²) < 4.78 is 0. The number of nitrogens with zero attached hydrogens (tertiary/aromatic N) is 1. The predicted molar refractivity (Wildman–Crippen MR) is 89.2 cm³/mol. The number of fused-ring (bicyclic) bond motifs is 1. The summed E-state index contributed by atoms with van der Waals surface area (Å²) in [5.74, 6) is -0.0189. The summed E-state index contributed by atoms with van der Waals surface area (Å²) in [6, 6.07) is 8.31. The van der Waals surface area contributed by atoms with Gasteiger partial charge in [0.1, 0.15) is 5.41 Å². The number of para-hydroxylation sites is 1. The van der Waals surface area contributed by atoms with E-state index in [0.717, 1.165) is 24.9 Å². The third-order valence-electron chi connectivity index (χ3n) is 5.67. The van der Waals surface area contributed by atoms with Crippen molar-refractivity contribution in [2.45, 2.75) is 57.4 Å². The summed E-state index contributed by atoms with van der Waals surface area (Å²) in [5.41, 5.74) is 1.42. The van der Waals surface area contributed by atoms with Crippen molar-refractivity contribution in [3.63, 3.8) is 0 Å². The van der Waals surface area contributed by atoms with Crippen LogP contribution in [0.3, 0.4) is 0 Å². The van der Waals surface area contributed by atoms with Gasteiger partial charge in [0, 0.05) is 18.3 Å². The Bertz CT molecular complexity index is 630. The molecule has 1 N–H and O–H groups in total. The molecule has 0 unspecified atom stereocenters. The van der Waals surface area contributed by atoms with Gasteiger partial charge in [0.05, 0.1) is 0 Å². The maximum atomic E-state index is 13.0. The van der Waals surface area contributed by atoms with Gasteiger partial charge in [-0.2, -0.15) is 0 Å². The van der Waals surface area contributed by atoms with Crippen LogP contribution in [0.2, 0.25) is 0 Å². The zero-order valence-electron chi connectivity index (χ0n) is 13.5. The quantitative estimate of drug-likeness (QED) is 0.873. The van der Waals surface area contributed by atoms with Gasteiger partial charge < -0.3 is 10.2 Å². The molecule has 0 radical (unpaired) electrons. The van der Waals surface area contributed by atoms with Gasteiger partial charge in [-0.05, 0) is 43.7 Å². The Morgan fingerprint density at radius 2 is 1.83 bits per heavy atom. The van der Waals surface area contributed by atoms with Crippen LogP contribution in [0.4, 0.5) is 5.69 Å². The fourth-order valence-electron chi connectivity index (χ4n) is 4.04. The van der Waals surface area contributed by atoms with E-state index >= 15 is 0 Å². The minimum atomic E-state index is -0.783.